The van der Waals surface area contributed by atoms with Crippen LogP contribution in [-0.2, 0) is 4.79 Å². The van der Waals surface area contributed by atoms with Gasteiger partial charge in [0.05, 0.1) is 0 Å². The van der Waals surface area contributed by atoms with Gasteiger partial charge in [0.25, 0.3) is 0 Å². The van der Waals surface area contributed by atoms with Crippen LogP contribution >= 0.6 is 0 Å². The summed E-state index contributed by atoms with van der Waals surface area (Å²) in [5.74, 6) is 2.86. The Morgan fingerprint density at radius 2 is 1.94 bits per heavy atom. The number of hydrogen-bond donors (Lipinski definition) is 1. The second kappa shape index (κ2) is 4.27. The first-order valence-electron chi connectivity index (χ1n) is 7.23. The molecule has 3 nitrogen and oxygen atoms in total. The molecule has 2 N–H and O–H groups in total. The third-order valence-electron chi connectivity index (χ3n) is 5.20. The zero-order valence-electron chi connectivity index (χ0n) is 10.8. The summed E-state index contributed by atoms with van der Waals surface area (Å²) in [5.41, 5.74) is 5.98. The van der Waals surface area contributed by atoms with Gasteiger partial charge in [-0.25, -0.2) is 0 Å². The van der Waals surface area contributed by atoms with Crippen molar-refractivity contribution < 1.29 is 4.79 Å². The van der Waals surface area contributed by atoms with Crippen molar-refractivity contribution in [3.63, 3.8) is 0 Å². The number of carbonyl (C=O) groups is 1. The minimum atomic E-state index is 0.226. The van der Waals surface area contributed by atoms with E-state index in [4.69, 9.17) is 5.73 Å². The molecule has 0 aromatic carbocycles. The molecule has 3 heteroatoms. The number of rotatable bonds is 2. The van der Waals surface area contributed by atoms with E-state index in [0.717, 1.165) is 31.3 Å². The molecule has 1 aliphatic heterocycles. The molecule has 0 aromatic heterocycles. The van der Waals surface area contributed by atoms with Crippen LogP contribution in [0.5, 0.6) is 0 Å². The molecule has 3 fully saturated rings. The quantitative estimate of drug-likeness (QED) is 0.792. The summed E-state index contributed by atoms with van der Waals surface area (Å²) in [4.78, 5) is 14.5. The lowest BCUT2D eigenvalue weighted by Gasteiger charge is -2.35. The number of nitrogens with zero attached hydrogens (tertiary/aromatic N) is 1. The van der Waals surface area contributed by atoms with Gasteiger partial charge in [-0.1, -0.05) is 6.42 Å². The van der Waals surface area contributed by atoms with E-state index in [1.807, 2.05) is 0 Å². The van der Waals surface area contributed by atoms with Gasteiger partial charge in [0.2, 0.25) is 5.91 Å². The highest BCUT2D eigenvalue weighted by atomic mass is 16.2. The summed E-state index contributed by atoms with van der Waals surface area (Å²) in [5, 5.41) is 0. The Bertz CT molecular complexity index is 305. The summed E-state index contributed by atoms with van der Waals surface area (Å²) in [6.07, 6.45) is 6.28. The van der Waals surface area contributed by atoms with Gasteiger partial charge < -0.3 is 10.6 Å². The highest BCUT2D eigenvalue weighted by Gasteiger charge is 2.57. The van der Waals surface area contributed by atoms with Gasteiger partial charge in [0.1, 0.15) is 0 Å². The molecule has 0 aromatic rings. The molecule has 0 spiro atoms. The molecule has 3 rings (SSSR count). The molecular formula is C14H24N2O. The number of likely N-dealkylation sites (tertiary alicyclic amines) is 1. The van der Waals surface area contributed by atoms with Crippen molar-refractivity contribution in [3.8, 4) is 0 Å². The Hall–Kier alpha value is -0.570. The first kappa shape index (κ1) is 11.5. The number of hydrogen-bond acceptors (Lipinski definition) is 2. The molecule has 2 aliphatic carbocycles. The number of fused-ring (bicyclic) bond motifs is 1. The van der Waals surface area contributed by atoms with Crippen LogP contribution in [0.2, 0.25) is 0 Å². The lowest BCUT2D eigenvalue weighted by molar-refractivity contribution is -0.135. The lowest BCUT2D eigenvalue weighted by atomic mass is 9.91. The van der Waals surface area contributed by atoms with E-state index >= 15 is 0 Å². The molecule has 0 radical (unpaired) electrons. The SMILES string of the molecule is CC(N)C1CCCN(C(=O)C2C3CCCC32)C1. The monoisotopic (exact) mass is 236 g/mol. The highest BCUT2D eigenvalue weighted by Crippen LogP contribution is 2.58. The minimum absolute atomic E-state index is 0.226. The summed E-state index contributed by atoms with van der Waals surface area (Å²) >= 11 is 0. The van der Waals surface area contributed by atoms with E-state index in [1.54, 1.807) is 0 Å². The van der Waals surface area contributed by atoms with E-state index in [1.165, 1.54) is 25.7 Å². The molecule has 4 unspecified atom stereocenters. The molecule has 96 valence electrons. The minimum Gasteiger partial charge on any atom is -0.342 e. The summed E-state index contributed by atoms with van der Waals surface area (Å²) < 4.78 is 0. The predicted octanol–water partition coefficient (Wildman–Crippen LogP) is 1.62. The Morgan fingerprint density at radius 1 is 1.24 bits per heavy atom. The fraction of sp³-hybridized carbons (Fsp3) is 0.929. The van der Waals surface area contributed by atoms with Crippen molar-refractivity contribution in [2.24, 2.45) is 29.4 Å². The summed E-state index contributed by atoms with van der Waals surface area (Å²) in [7, 11) is 0. The van der Waals surface area contributed by atoms with Crippen LogP contribution in [0.3, 0.4) is 0 Å². The second-order valence-electron chi connectivity index (χ2n) is 6.33. The Labute approximate surface area is 104 Å². The molecule has 4 atom stereocenters. The molecule has 1 amide bonds. The highest BCUT2D eigenvalue weighted by molar-refractivity contribution is 5.82. The van der Waals surface area contributed by atoms with Crippen LogP contribution < -0.4 is 5.73 Å². The number of piperidine rings is 1. The van der Waals surface area contributed by atoms with Crippen molar-refractivity contribution in [1.82, 2.24) is 4.90 Å². The van der Waals surface area contributed by atoms with Gasteiger partial charge in [-0.2, -0.15) is 0 Å². The first-order chi connectivity index (χ1) is 8.18. The second-order valence-corrected chi connectivity index (χ2v) is 6.33. The van der Waals surface area contributed by atoms with E-state index in [0.29, 0.717) is 17.7 Å². The van der Waals surface area contributed by atoms with Gasteiger partial charge in [-0.15, -0.1) is 0 Å². The van der Waals surface area contributed by atoms with Crippen molar-refractivity contribution in [2.45, 2.75) is 45.1 Å². The fourth-order valence-corrected chi connectivity index (χ4v) is 4.04. The zero-order valence-corrected chi connectivity index (χ0v) is 10.8. The molecule has 2 saturated carbocycles. The van der Waals surface area contributed by atoms with Crippen molar-refractivity contribution >= 4 is 5.91 Å². The van der Waals surface area contributed by atoms with E-state index in [2.05, 4.69) is 11.8 Å². The maximum absolute atomic E-state index is 12.4. The molecule has 1 heterocycles. The Morgan fingerprint density at radius 3 is 2.59 bits per heavy atom. The van der Waals surface area contributed by atoms with Crippen LogP contribution in [0, 0.1) is 23.7 Å². The van der Waals surface area contributed by atoms with Crippen molar-refractivity contribution in [3.05, 3.63) is 0 Å². The number of carbonyl (C=O) groups excluding carboxylic acids is 1. The standard InChI is InChI=1S/C14H24N2O/c1-9(15)10-4-3-7-16(8-10)14(17)13-11-5-2-6-12(11)13/h9-13H,2-8,15H2,1H3. The third kappa shape index (κ3) is 1.99. The maximum atomic E-state index is 12.4. The van der Waals surface area contributed by atoms with Crippen molar-refractivity contribution in [1.29, 1.82) is 0 Å². The van der Waals surface area contributed by atoms with Gasteiger partial charge in [0.15, 0.2) is 0 Å². The van der Waals surface area contributed by atoms with Crippen LogP contribution in [-0.4, -0.2) is 29.9 Å². The average Bonchev–Trinajstić information content (AvgIpc) is 2.81. The normalized spacial score (nSPS) is 42.1. The summed E-state index contributed by atoms with van der Waals surface area (Å²) in [6.45, 7) is 3.95. The van der Waals surface area contributed by atoms with Crippen LogP contribution in [0.25, 0.3) is 0 Å². The Balaban J connectivity index is 1.59. The van der Waals surface area contributed by atoms with Crippen LogP contribution in [0.15, 0.2) is 0 Å². The van der Waals surface area contributed by atoms with Gasteiger partial charge in [0, 0.05) is 25.0 Å². The maximum Gasteiger partial charge on any atom is 0.226 e. The predicted molar refractivity (Wildman–Crippen MR) is 67.3 cm³/mol. The van der Waals surface area contributed by atoms with Crippen molar-refractivity contribution in [2.75, 3.05) is 13.1 Å². The third-order valence-corrected chi connectivity index (χ3v) is 5.20. The fourth-order valence-electron chi connectivity index (χ4n) is 4.04. The van der Waals surface area contributed by atoms with E-state index in [9.17, 15) is 4.79 Å². The molecule has 1 saturated heterocycles. The summed E-state index contributed by atoms with van der Waals surface area (Å²) in [6, 6.07) is 0.226. The Kier molecular flexibility index (Phi) is 2.89. The lowest BCUT2D eigenvalue weighted by Crippen LogP contribution is -2.46. The van der Waals surface area contributed by atoms with E-state index in [-0.39, 0.29) is 6.04 Å². The van der Waals surface area contributed by atoms with E-state index < -0.39 is 0 Å². The largest absolute Gasteiger partial charge is 0.342 e. The van der Waals surface area contributed by atoms with Gasteiger partial charge >= 0.3 is 0 Å². The van der Waals surface area contributed by atoms with Crippen LogP contribution in [0.4, 0.5) is 0 Å². The van der Waals surface area contributed by atoms with Gasteiger partial charge in [-0.3, -0.25) is 4.79 Å². The number of amides is 1. The van der Waals surface area contributed by atoms with Gasteiger partial charge in [-0.05, 0) is 50.4 Å². The molecule has 17 heavy (non-hydrogen) atoms. The smallest absolute Gasteiger partial charge is 0.226 e. The average molecular weight is 236 g/mol. The molecular weight excluding hydrogens is 212 g/mol. The molecule has 0 bridgehead atoms. The van der Waals surface area contributed by atoms with Crippen LogP contribution in [0.1, 0.15) is 39.0 Å². The molecule has 3 aliphatic rings. The zero-order chi connectivity index (χ0) is 12.0. The topological polar surface area (TPSA) is 46.3 Å². The first-order valence-corrected chi connectivity index (χ1v) is 7.23. The number of nitrogens with two attached hydrogens (primary N) is 1.